The van der Waals surface area contributed by atoms with Crippen LogP contribution in [0.5, 0.6) is 5.75 Å². The number of alkyl halides is 3. The molecule has 2 aromatic rings. The van der Waals surface area contributed by atoms with Crippen molar-refractivity contribution in [2.24, 2.45) is 5.73 Å². The second-order valence-electron chi connectivity index (χ2n) is 6.50. The number of nitrogens with one attached hydrogen (secondary N) is 2. The second kappa shape index (κ2) is 13.5. The van der Waals surface area contributed by atoms with Crippen molar-refractivity contribution in [3.63, 3.8) is 0 Å². The molecule has 0 aliphatic carbocycles. The van der Waals surface area contributed by atoms with Gasteiger partial charge in [0.2, 0.25) is 0 Å². The number of carbonyl (C=O) groups excluding carboxylic acids is 2. The summed E-state index contributed by atoms with van der Waals surface area (Å²) in [6.45, 7) is 2.92. The summed E-state index contributed by atoms with van der Waals surface area (Å²) in [5, 5.41) is 17.3. The zero-order valence-electron chi connectivity index (χ0n) is 18.1. The number of amidine groups is 1. The van der Waals surface area contributed by atoms with E-state index in [9.17, 15) is 22.8 Å². The molecule has 0 spiro atoms. The third kappa shape index (κ3) is 10.0. The van der Waals surface area contributed by atoms with E-state index in [1.807, 2.05) is 0 Å². The smallest absolute Gasteiger partial charge is 0.490 e. The normalized spacial score (nSPS) is 10.4. The fourth-order valence-corrected chi connectivity index (χ4v) is 2.29. The van der Waals surface area contributed by atoms with Gasteiger partial charge in [-0.1, -0.05) is 12.1 Å². The predicted octanol–water partition coefficient (Wildman–Crippen LogP) is 2.98. The van der Waals surface area contributed by atoms with Crippen LogP contribution in [-0.4, -0.2) is 54.7 Å². The van der Waals surface area contributed by atoms with E-state index in [4.69, 9.17) is 30.5 Å². The van der Waals surface area contributed by atoms with Gasteiger partial charge in [-0.15, -0.1) is 0 Å². The molecule has 0 bridgehead atoms. The van der Waals surface area contributed by atoms with E-state index in [2.05, 4.69) is 5.32 Å². The molecule has 12 heteroatoms. The summed E-state index contributed by atoms with van der Waals surface area (Å²) in [5.41, 5.74) is 6.93. The minimum Gasteiger partial charge on any atom is -0.494 e. The minimum absolute atomic E-state index is 0.0123. The molecule has 0 saturated heterocycles. The molecule has 0 aliphatic rings. The molecule has 2 aromatic carbocycles. The fourth-order valence-electron chi connectivity index (χ4n) is 2.29. The van der Waals surface area contributed by atoms with Gasteiger partial charge in [0.25, 0.3) is 5.91 Å². The average molecular weight is 483 g/mol. The number of rotatable bonds is 9. The van der Waals surface area contributed by atoms with Crippen molar-refractivity contribution in [3.05, 3.63) is 65.2 Å². The van der Waals surface area contributed by atoms with E-state index in [1.54, 1.807) is 55.5 Å². The molecule has 2 rings (SSSR count). The summed E-state index contributed by atoms with van der Waals surface area (Å²) < 4.78 is 42.2. The van der Waals surface area contributed by atoms with Crippen LogP contribution in [0.2, 0.25) is 0 Å². The van der Waals surface area contributed by atoms with Gasteiger partial charge < -0.3 is 25.6 Å². The largest absolute Gasteiger partial charge is 0.494 e. The van der Waals surface area contributed by atoms with E-state index in [-0.39, 0.29) is 11.7 Å². The quantitative estimate of drug-likeness (QED) is 0.185. The highest BCUT2D eigenvalue weighted by Gasteiger charge is 2.38. The van der Waals surface area contributed by atoms with Crippen LogP contribution in [0.3, 0.4) is 0 Å². The van der Waals surface area contributed by atoms with Crippen molar-refractivity contribution in [2.45, 2.75) is 19.5 Å². The van der Waals surface area contributed by atoms with E-state index < -0.39 is 18.1 Å². The maximum Gasteiger partial charge on any atom is 0.490 e. The molecule has 0 saturated carbocycles. The zero-order valence-corrected chi connectivity index (χ0v) is 18.1. The Bertz CT molecular complexity index is 994. The first-order valence-electron chi connectivity index (χ1n) is 9.88. The number of carboxylic acids is 1. The van der Waals surface area contributed by atoms with Gasteiger partial charge in [0.15, 0.2) is 0 Å². The average Bonchev–Trinajstić information content (AvgIpc) is 2.79. The SMILES string of the molecule is CCOC(=O)c1ccc(C(=O)NCCCOc2cccc(C(=N)N)c2)cc1.O=C(O)C(F)(F)F. The summed E-state index contributed by atoms with van der Waals surface area (Å²) in [6, 6.07) is 13.3. The first kappa shape index (κ1) is 27.9. The molecule has 34 heavy (non-hydrogen) atoms. The molecule has 5 N–H and O–H groups in total. The van der Waals surface area contributed by atoms with Crippen molar-refractivity contribution in [2.75, 3.05) is 19.8 Å². The summed E-state index contributed by atoms with van der Waals surface area (Å²) in [7, 11) is 0. The van der Waals surface area contributed by atoms with Crippen LogP contribution in [0.4, 0.5) is 13.2 Å². The van der Waals surface area contributed by atoms with Gasteiger partial charge in [-0.05, 0) is 49.7 Å². The Labute approximate surface area is 193 Å². The summed E-state index contributed by atoms with van der Waals surface area (Å²) in [6.07, 6.45) is -4.46. The van der Waals surface area contributed by atoms with Crippen molar-refractivity contribution < 1.29 is 42.1 Å². The number of aliphatic carboxylic acids is 1. The molecule has 0 atom stereocenters. The fraction of sp³-hybridized carbons (Fsp3) is 0.273. The van der Waals surface area contributed by atoms with Crippen LogP contribution in [0.1, 0.15) is 39.6 Å². The number of carboxylic acid groups (broad SMARTS) is 1. The number of carbonyl (C=O) groups is 3. The number of hydrogen-bond donors (Lipinski definition) is 4. The van der Waals surface area contributed by atoms with E-state index in [0.717, 1.165) is 0 Å². The van der Waals surface area contributed by atoms with E-state index >= 15 is 0 Å². The molecule has 9 nitrogen and oxygen atoms in total. The number of ether oxygens (including phenoxy) is 2. The Morgan fingerprint density at radius 3 is 2.18 bits per heavy atom. The highest BCUT2D eigenvalue weighted by atomic mass is 19.4. The third-order valence-corrected chi connectivity index (χ3v) is 3.92. The molecule has 0 heterocycles. The molecular weight excluding hydrogens is 459 g/mol. The number of nitrogens with two attached hydrogens (primary N) is 1. The van der Waals surface area contributed by atoms with Crippen molar-refractivity contribution in [3.8, 4) is 5.75 Å². The number of nitrogen functional groups attached to an aromatic ring is 1. The van der Waals surface area contributed by atoms with Crippen LogP contribution in [-0.2, 0) is 9.53 Å². The van der Waals surface area contributed by atoms with Gasteiger partial charge in [0.1, 0.15) is 11.6 Å². The molecule has 0 unspecified atom stereocenters. The molecule has 0 fully saturated rings. The lowest BCUT2D eigenvalue weighted by molar-refractivity contribution is -0.192. The molecular formula is C22H24F3N3O6. The first-order valence-corrected chi connectivity index (χ1v) is 9.88. The lowest BCUT2D eigenvalue weighted by Crippen LogP contribution is -2.25. The van der Waals surface area contributed by atoms with Crippen molar-refractivity contribution in [1.29, 1.82) is 5.41 Å². The first-order chi connectivity index (χ1) is 16.0. The highest BCUT2D eigenvalue weighted by molar-refractivity contribution is 5.96. The highest BCUT2D eigenvalue weighted by Crippen LogP contribution is 2.14. The summed E-state index contributed by atoms with van der Waals surface area (Å²) in [5.74, 6) is -2.77. The topological polar surface area (TPSA) is 152 Å². The summed E-state index contributed by atoms with van der Waals surface area (Å²) >= 11 is 0. The van der Waals surface area contributed by atoms with Crippen LogP contribution < -0.4 is 15.8 Å². The van der Waals surface area contributed by atoms with Crippen LogP contribution >= 0.6 is 0 Å². The molecule has 0 aliphatic heterocycles. The minimum atomic E-state index is -5.08. The predicted molar refractivity (Wildman–Crippen MR) is 116 cm³/mol. The standard InChI is InChI=1S/C20H23N3O4.C2HF3O2/c1-2-26-20(25)15-9-7-14(8-10-15)19(24)23-11-4-12-27-17-6-3-5-16(13-17)18(21)22;3-2(4,5)1(6)7/h3,5-10,13H,2,4,11-12H2,1H3,(H3,21,22)(H,23,24);(H,6,7). The van der Waals surface area contributed by atoms with E-state index in [1.165, 1.54) is 0 Å². The van der Waals surface area contributed by atoms with Crippen molar-refractivity contribution in [1.82, 2.24) is 5.32 Å². The van der Waals surface area contributed by atoms with Crippen LogP contribution in [0.25, 0.3) is 0 Å². The van der Waals surface area contributed by atoms with Gasteiger partial charge in [-0.2, -0.15) is 13.2 Å². The van der Waals surface area contributed by atoms with Crippen molar-refractivity contribution >= 4 is 23.7 Å². The molecule has 0 radical (unpaired) electrons. The maximum atomic E-state index is 12.1. The lowest BCUT2D eigenvalue weighted by atomic mass is 10.1. The van der Waals surface area contributed by atoms with Crippen LogP contribution in [0, 0.1) is 5.41 Å². The van der Waals surface area contributed by atoms with Gasteiger partial charge in [-0.3, -0.25) is 10.2 Å². The Morgan fingerprint density at radius 1 is 1.06 bits per heavy atom. The maximum absolute atomic E-state index is 12.1. The number of amides is 1. The van der Waals surface area contributed by atoms with Gasteiger partial charge in [0.05, 0.1) is 18.8 Å². The number of halogens is 3. The lowest BCUT2D eigenvalue weighted by Gasteiger charge is -2.09. The Hall–Kier alpha value is -4.09. The Morgan fingerprint density at radius 2 is 1.65 bits per heavy atom. The number of esters is 1. The van der Waals surface area contributed by atoms with Gasteiger partial charge >= 0.3 is 18.1 Å². The molecule has 184 valence electrons. The van der Waals surface area contributed by atoms with Gasteiger partial charge in [0, 0.05) is 17.7 Å². The number of benzene rings is 2. The van der Waals surface area contributed by atoms with Gasteiger partial charge in [-0.25, -0.2) is 9.59 Å². The number of hydrogen-bond acceptors (Lipinski definition) is 6. The Kier molecular flexibility index (Phi) is 11.1. The monoisotopic (exact) mass is 483 g/mol. The molecule has 1 amide bonds. The zero-order chi connectivity index (χ0) is 25.7. The third-order valence-electron chi connectivity index (χ3n) is 3.92. The van der Waals surface area contributed by atoms with E-state index in [0.29, 0.717) is 48.6 Å². The second-order valence-corrected chi connectivity index (χ2v) is 6.50. The Balaban J connectivity index is 0.000000718. The molecule has 0 aromatic heterocycles. The summed E-state index contributed by atoms with van der Waals surface area (Å²) in [4.78, 5) is 32.6. The van der Waals surface area contributed by atoms with Crippen LogP contribution in [0.15, 0.2) is 48.5 Å².